The van der Waals surface area contributed by atoms with Crippen LogP contribution in [0.25, 0.3) is 17.2 Å². The van der Waals surface area contributed by atoms with Gasteiger partial charge >= 0.3 is 5.97 Å². The summed E-state index contributed by atoms with van der Waals surface area (Å²) in [6, 6.07) is 9.07. The molecule has 0 spiro atoms. The fraction of sp³-hybridized carbons (Fsp3) is 0.238. The summed E-state index contributed by atoms with van der Waals surface area (Å²) in [7, 11) is 0. The Morgan fingerprint density at radius 1 is 1.20 bits per heavy atom. The topological polar surface area (TPSA) is 101 Å². The highest BCUT2D eigenvalue weighted by Crippen LogP contribution is 2.35. The van der Waals surface area contributed by atoms with Gasteiger partial charge in [-0.15, -0.1) is 11.3 Å². The van der Waals surface area contributed by atoms with Crippen LogP contribution in [-0.2, 0) is 9.59 Å². The van der Waals surface area contributed by atoms with Crippen molar-refractivity contribution in [3.8, 4) is 11.1 Å². The molecule has 30 heavy (non-hydrogen) atoms. The van der Waals surface area contributed by atoms with E-state index in [0.717, 1.165) is 22.4 Å². The number of benzene rings is 1. The number of hydrogen-bond donors (Lipinski definition) is 2. The third-order valence-electron chi connectivity index (χ3n) is 4.54. The second kappa shape index (κ2) is 10.0. The van der Waals surface area contributed by atoms with Gasteiger partial charge in [-0.25, -0.2) is 0 Å². The molecule has 1 aliphatic rings. The fourth-order valence-electron chi connectivity index (χ4n) is 3.06. The van der Waals surface area contributed by atoms with Gasteiger partial charge in [0.05, 0.1) is 4.91 Å². The molecule has 6 nitrogen and oxygen atoms in total. The molecular formula is C21H20N2O4S3. The minimum absolute atomic E-state index is 0.129. The number of nitrogens with two attached hydrogens (primary N) is 1. The quantitative estimate of drug-likeness (QED) is 0.328. The molecule has 2 heterocycles. The number of thiocarbonyl (C=S) groups is 1. The van der Waals surface area contributed by atoms with E-state index in [9.17, 15) is 14.4 Å². The molecule has 1 aliphatic heterocycles. The van der Waals surface area contributed by atoms with E-state index < -0.39 is 11.9 Å². The second-order valence-corrected chi connectivity index (χ2v) is 9.30. The van der Waals surface area contributed by atoms with Crippen molar-refractivity contribution >= 4 is 63.5 Å². The Morgan fingerprint density at radius 3 is 2.70 bits per heavy atom. The number of carbonyl (C=O) groups is 3. The molecule has 9 heteroatoms. The molecule has 1 fully saturated rings. The Kier molecular flexibility index (Phi) is 7.41. The van der Waals surface area contributed by atoms with Crippen molar-refractivity contribution in [2.75, 3.05) is 6.54 Å². The Bertz CT molecular complexity index is 1030. The summed E-state index contributed by atoms with van der Waals surface area (Å²) in [5, 5.41) is 10.6. The first-order valence-corrected chi connectivity index (χ1v) is 11.4. The maximum atomic E-state index is 12.7. The molecule has 0 unspecified atom stereocenters. The summed E-state index contributed by atoms with van der Waals surface area (Å²) in [6.45, 7) is 0.489. The number of aliphatic carboxylic acids is 1. The number of carbonyl (C=O) groups excluding carboxylic acids is 2. The number of thiophene rings is 1. The van der Waals surface area contributed by atoms with Crippen molar-refractivity contribution in [2.24, 2.45) is 5.73 Å². The smallest absolute Gasteiger partial charge is 0.303 e. The van der Waals surface area contributed by atoms with Gasteiger partial charge in [0, 0.05) is 23.4 Å². The van der Waals surface area contributed by atoms with Crippen molar-refractivity contribution in [3.05, 3.63) is 51.1 Å². The highest BCUT2D eigenvalue weighted by atomic mass is 32.2. The lowest BCUT2D eigenvalue weighted by molar-refractivity contribution is -0.137. The van der Waals surface area contributed by atoms with Gasteiger partial charge in [0.25, 0.3) is 5.91 Å². The van der Waals surface area contributed by atoms with Crippen LogP contribution < -0.4 is 5.73 Å². The predicted molar refractivity (Wildman–Crippen MR) is 124 cm³/mol. The molecule has 0 bridgehead atoms. The fourth-order valence-corrected chi connectivity index (χ4v) is 5.28. The minimum atomic E-state index is -0.808. The summed E-state index contributed by atoms with van der Waals surface area (Å²) in [4.78, 5) is 38.0. The van der Waals surface area contributed by atoms with E-state index in [-0.39, 0.29) is 12.3 Å². The molecule has 1 aromatic heterocycles. The molecule has 1 aromatic carbocycles. The first-order valence-electron chi connectivity index (χ1n) is 9.31. The van der Waals surface area contributed by atoms with Crippen LogP contribution in [0.1, 0.15) is 40.9 Å². The summed E-state index contributed by atoms with van der Waals surface area (Å²) in [5.74, 6) is -1.42. The maximum Gasteiger partial charge on any atom is 0.303 e. The van der Waals surface area contributed by atoms with Crippen LogP contribution in [0, 0.1) is 0 Å². The molecular weight excluding hydrogens is 440 g/mol. The predicted octanol–water partition coefficient (Wildman–Crippen LogP) is 4.36. The average Bonchev–Trinajstić information content (AvgIpc) is 3.27. The van der Waals surface area contributed by atoms with Gasteiger partial charge in [0.2, 0.25) is 5.91 Å². The lowest BCUT2D eigenvalue weighted by atomic mass is 10.0. The van der Waals surface area contributed by atoms with E-state index in [1.807, 2.05) is 29.7 Å². The normalized spacial score (nSPS) is 15.2. The third kappa shape index (κ3) is 5.35. The van der Waals surface area contributed by atoms with Crippen molar-refractivity contribution < 1.29 is 19.5 Å². The van der Waals surface area contributed by atoms with Crippen LogP contribution in [0.3, 0.4) is 0 Å². The molecule has 2 aromatic rings. The zero-order chi connectivity index (χ0) is 21.7. The van der Waals surface area contributed by atoms with Crippen LogP contribution >= 0.6 is 35.3 Å². The summed E-state index contributed by atoms with van der Waals surface area (Å²) < 4.78 is 0.514. The van der Waals surface area contributed by atoms with Gasteiger partial charge in [-0.1, -0.05) is 48.6 Å². The number of nitrogens with zero attached hydrogens (tertiary/aromatic N) is 1. The van der Waals surface area contributed by atoms with E-state index in [1.54, 1.807) is 17.0 Å². The number of carboxylic acid groups (broad SMARTS) is 1. The molecule has 3 N–H and O–H groups in total. The highest BCUT2D eigenvalue weighted by molar-refractivity contribution is 8.26. The number of primary amides is 1. The van der Waals surface area contributed by atoms with Crippen LogP contribution in [0.5, 0.6) is 0 Å². The molecule has 0 saturated carbocycles. The first-order chi connectivity index (χ1) is 14.4. The maximum absolute atomic E-state index is 12.7. The number of thioether (sulfide) groups is 1. The first kappa shape index (κ1) is 22.2. The van der Waals surface area contributed by atoms with Crippen LogP contribution in [0.2, 0.25) is 0 Å². The number of amides is 2. The SMILES string of the molecule is NC(=O)c1ccccc1-c1csc(/C=C2\SC(=S)N(CCCCCC(=O)O)C2=O)c1. The lowest BCUT2D eigenvalue weighted by Gasteiger charge is -2.13. The molecule has 3 rings (SSSR count). The molecule has 2 amide bonds. The third-order valence-corrected chi connectivity index (χ3v) is 6.80. The average molecular weight is 461 g/mol. The van der Waals surface area contributed by atoms with Gasteiger partial charge in [0.1, 0.15) is 4.32 Å². The highest BCUT2D eigenvalue weighted by Gasteiger charge is 2.31. The van der Waals surface area contributed by atoms with Gasteiger partial charge in [-0.05, 0) is 47.6 Å². The summed E-state index contributed by atoms with van der Waals surface area (Å²) in [6.07, 6.45) is 3.98. The van der Waals surface area contributed by atoms with Gasteiger partial charge in [0.15, 0.2) is 0 Å². The summed E-state index contributed by atoms with van der Waals surface area (Å²) in [5.41, 5.74) is 7.55. The molecule has 156 valence electrons. The molecule has 0 atom stereocenters. The standard InChI is InChI=1S/C21H20N2O4S3/c22-19(26)16-7-4-3-6-15(16)13-10-14(29-12-13)11-17-20(27)23(21(28)30-17)9-5-1-2-8-18(24)25/h3-4,6-7,10-12H,1-2,5,8-9H2,(H2,22,26)(H,24,25)/b17-11-. The van der Waals surface area contributed by atoms with Crippen LogP contribution in [-0.4, -0.2) is 38.7 Å². The zero-order valence-electron chi connectivity index (χ0n) is 16.0. The zero-order valence-corrected chi connectivity index (χ0v) is 18.4. The Balaban J connectivity index is 1.68. The number of hydrogen-bond acceptors (Lipinski definition) is 6. The largest absolute Gasteiger partial charge is 0.481 e. The Morgan fingerprint density at radius 2 is 1.97 bits per heavy atom. The molecule has 1 saturated heterocycles. The van der Waals surface area contributed by atoms with Gasteiger partial charge in [-0.3, -0.25) is 19.3 Å². The van der Waals surface area contributed by atoms with Crippen molar-refractivity contribution in [2.45, 2.75) is 25.7 Å². The van der Waals surface area contributed by atoms with E-state index >= 15 is 0 Å². The van der Waals surface area contributed by atoms with E-state index in [0.29, 0.717) is 34.2 Å². The minimum Gasteiger partial charge on any atom is -0.481 e. The summed E-state index contributed by atoms with van der Waals surface area (Å²) >= 11 is 8.08. The lowest BCUT2D eigenvalue weighted by Crippen LogP contribution is -2.29. The van der Waals surface area contributed by atoms with Crippen molar-refractivity contribution in [3.63, 3.8) is 0 Å². The van der Waals surface area contributed by atoms with Gasteiger partial charge < -0.3 is 10.8 Å². The van der Waals surface area contributed by atoms with E-state index in [4.69, 9.17) is 23.1 Å². The van der Waals surface area contributed by atoms with Gasteiger partial charge in [-0.2, -0.15) is 0 Å². The van der Waals surface area contributed by atoms with E-state index in [1.165, 1.54) is 23.1 Å². The number of rotatable bonds is 9. The van der Waals surface area contributed by atoms with Crippen LogP contribution in [0.4, 0.5) is 0 Å². The van der Waals surface area contributed by atoms with Crippen molar-refractivity contribution in [1.82, 2.24) is 4.90 Å². The van der Waals surface area contributed by atoms with E-state index in [2.05, 4.69) is 0 Å². The second-order valence-electron chi connectivity index (χ2n) is 6.69. The Hall–Kier alpha value is -2.49. The molecule has 0 aliphatic carbocycles. The van der Waals surface area contributed by atoms with Crippen molar-refractivity contribution in [1.29, 1.82) is 0 Å². The van der Waals surface area contributed by atoms with Crippen LogP contribution in [0.15, 0.2) is 40.6 Å². The number of carboxylic acids is 1. The Labute approximate surface area is 187 Å². The monoisotopic (exact) mass is 460 g/mol. The molecule has 0 radical (unpaired) electrons. The number of unbranched alkanes of at least 4 members (excludes halogenated alkanes) is 2.